The van der Waals surface area contributed by atoms with Crippen LogP contribution in [0.4, 0.5) is 0 Å². The Morgan fingerprint density at radius 3 is 2.95 bits per heavy atom. The molecule has 0 aliphatic carbocycles. The number of rotatable bonds is 5. The predicted molar refractivity (Wildman–Crippen MR) is 85.4 cm³/mol. The first-order chi connectivity index (χ1) is 10.5. The molecule has 22 heavy (non-hydrogen) atoms. The number of carbonyl (C=O) groups is 2. The van der Waals surface area contributed by atoms with Crippen LogP contribution in [-0.2, 0) is 9.59 Å². The van der Waals surface area contributed by atoms with Crippen molar-refractivity contribution in [1.29, 1.82) is 0 Å². The molecular weight excluding hydrogens is 327 g/mol. The van der Waals surface area contributed by atoms with Crippen molar-refractivity contribution in [3.8, 4) is 5.75 Å². The molecule has 1 atom stereocenters. The minimum Gasteiger partial charge on any atom is -0.492 e. The minimum atomic E-state index is -0.409. The maximum absolute atomic E-state index is 12.1. The Kier molecular flexibility index (Phi) is 5.91. The van der Waals surface area contributed by atoms with E-state index in [-0.39, 0.29) is 11.8 Å². The molecule has 1 N–H and O–H groups in total. The molecule has 0 saturated carbocycles. The normalized spacial score (nSPS) is 18.0. The molecule has 1 aliphatic rings. The van der Waals surface area contributed by atoms with Crippen LogP contribution < -0.4 is 10.1 Å². The summed E-state index contributed by atoms with van der Waals surface area (Å²) in [6.45, 7) is 3.17. The second kappa shape index (κ2) is 7.70. The second-order valence-corrected chi connectivity index (χ2v) is 5.92. The second-order valence-electron chi connectivity index (χ2n) is 5.08. The molecular formula is C15H18Cl2N2O3. The highest BCUT2D eigenvalue weighted by Gasteiger charge is 2.28. The summed E-state index contributed by atoms with van der Waals surface area (Å²) in [5, 5.41) is 3.72. The zero-order chi connectivity index (χ0) is 16.1. The maximum atomic E-state index is 12.1. The lowest BCUT2D eigenvalue weighted by Crippen LogP contribution is -2.55. The number of amides is 2. The molecule has 1 heterocycles. The standard InChI is InChI=1S/C15H18Cl2N2O3/c1-10-15(21)18-6-7-19(10)14(20)3-2-8-22-13-5-4-11(16)9-12(13)17/h4-5,9-10H,2-3,6-8H2,1H3,(H,18,21). The van der Waals surface area contributed by atoms with Crippen molar-refractivity contribution >= 4 is 35.0 Å². The fourth-order valence-corrected chi connectivity index (χ4v) is 2.73. The van der Waals surface area contributed by atoms with E-state index in [9.17, 15) is 9.59 Å². The number of carbonyl (C=O) groups excluding carboxylic acids is 2. The minimum absolute atomic E-state index is 0.0341. The van der Waals surface area contributed by atoms with Gasteiger partial charge in [-0.15, -0.1) is 0 Å². The number of hydrogen-bond donors (Lipinski definition) is 1. The van der Waals surface area contributed by atoms with E-state index in [0.717, 1.165) is 0 Å². The highest BCUT2D eigenvalue weighted by molar-refractivity contribution is 6.35. The van der Waals surface area contributed by atoms with E-state index in [1.165, 1.54) is 0 Å². The third-order valence-corrected chi connectivity index (χ3v) is 4.04. The van der Waals surface area contributed by atoms with E-state index < -0.39 is 6.04 Å². The van der Waals surface area contributed by atoms with Gasteiger partial charge in [-0.3, -0.25) is 9.59 Å². The van der Waals surface area contributed by atoms with Crippen LogP contribution in [0, 0.1) is 0 Å². The highest BCUT2D eigenvalue weighted by atomic mass is 35.5. The molecule has 5 nitrogen and oxygen atoms in total. The molecule has 1 unspecified atom stereocenters. The number of nitrogens with zero attached hydrogens (tertiary/aromatic N) is 1. The molecule has 0 aromatic heterocycles. The van der Waals surface area contributed by atoms with Crippen LogP contribution >= 0.6 is 23.2 Å². The Morgan fingerprint density at radius 2 is 2.23 bits per heavy atom. The third kappa shape index (κ3) is 4.27. The van der Waals surface area contributed by atoms with Crippen LogP contribution in [0.15, 0.2) is 18.2 Å². The van der Waals surface area contributed by atoms with E-state index in [4.69, 9.17) is 27.9 Å². The lowest BCUT2D eigenvalue weighted by Gasteiger charge is -2.32. The Balaban J connectivity index is 1.76. The topological polar surface area (TPSA) is 58.6 Å². The average molecular weight is 345 g/mol. The fourth-order valence-electron chi connectivity index (χ4n) is 2.26. The number of halogens is 2. The first kappa shape index (κ1) is 16.9. The summed E-state index contributed by atoms with van der Waals surface area (Å²) in [7, 11) is 0. The first-order valence-electron chi connectivity index (χ1n) is 7.14. The van der Waals surface area contributed by atoms with Crippen LogP contribution in [-0.4, -0.2) is 42.5 Å². The predicted octanol–water partition coefficient (Wildman–Crippen LogP) is 2.50. The van der Waals surface area contributed by atoms with E-state index in [0.29, 0.717) is 48.3 Å². The Labute approximate surface area is 139 Å². The molecule has 2 amide bonds. The third-order valence-electron chi connectivity index (χ3n) is 3.51. The largest absolute Gasteiger partial charge is 0.492 e. The lowest BCUT2D eigenvalue weighted by atomic mass is 10.1. The van der Waals surface area contributed by atoms with Crippen LogP contribution in [0.3, 0.4) is 0 Å². The molecule has 0 bridgehead atoms. The van der Waals surface area contributed by atoms with Crippen molar-refractivity contribution in [2.75, 3.05) is 19.7 Å². The van der Waals surface area contributed by atoms with Gasteiger partial charge in [0.25, 0.3) is 0 Å². The van der Waals surface area contributed by atoms with E-state index in [2.05, 4.69) is 5.32 Å². The van der Waals surface area contributed by atoms with Gasteiger partial charge < -0.3 is 15.0 Å². The molecule has 1 aromatic rings. The van der Waals surface area contributed by atoms with Gasteiger partial charge in [0.05, 0.1) is 11.6 Å². The van der Waals surface area contributed by atoms with E-state index in [1.807, 2.05) is 0 Å². The van der Waals surface area contributed by atoms with Crippen LogP contribution in [0.25, 0.3) is 0 Å². The molecule has 120 valence electrons. The van der Waals surface area contributed by atoms with Gasteiger partial charge in [0.2, 0.25) is 11.8 Å². The molecule has 1 saturated heterocycles. The van der Waals surface area contributed by atoms with Gasteiger partial charge in [-0.25, -0.2) is 0 Å². The van der Waals surface area contributed by atoms with Gasteiger partial charge in [0.15, 0.2) is 0 Å². The van der Waals surface area contributed by atoms with Gasteiger partial charge in [-0.1, -0.05) is 23.2 Å². The molecule has 2 rings (SSSR count). The van der Waals surface area contributed by atoms with Crippen molar-refractivity contribution in [2.45, 2.75) is 25.8 Å². The summed E-state index contributed by atoms with van der Waals surface area (Å²) < 4.78 is 5.54. The number of hydrogen-bond acceptors (Lipinski definition) is 3. The Hall–Kier alpha value is -1.46. The van der Waals surface area contributed by atoms with Gasteiger partial charge in [-0.2, -0.15) is 0 Å². The number of nitrogens with one attached hydrogen (secondary N) is 1. The van der Waals surface area contributed by atoms with Crippen LogP contribution in [0.5, 0.6) is 5.75 Å². The van der Waals surface area contributed by atoms with Crippen molar-refractivity contribution in [3.05, 3.63) is 28.2 Å². The smallest absolute Gasteiger partial charge is 0.242 e. The molecule has 1 fully saturated rings. The van der Waals surface area contributed by atoms with Crippen LogP contribution in [0.2, 0.25) is 10.0 Å². The van der Waals surface area contributed by atoms with Crippen molar-refractivity contribution < 1.29 is 14.3 Å². The molecule has 0 spiro atoms. The Morgan fingerprint density at radius 1 is 1.45 bits per heavy atom. The van der Waals surface area contributed by atoms with Gasteiger partial charge in [0.1, 0.15) is 11.8 Å². The summed E-state index contributed by atoms with van der Waals surface area (Å²) in [5.41, 5.74) is 0. The number of piperazine rings is 1. The first-order valence-corrected chi connectivity index (χ1v) is 7.89. The highest BCUT2D eigenvalue weighted by Crippen LogP contribution is 2.27. The SMILES string of the molecule is CC1C(=O)NCCN1C(=O)CCCOc1ccc(Cl)cc1Cl. The molecule has 0 radical (unpaired) electrons. The molecule has 1 aromatic carbocycles. The van der Waals surface area contributed by atoms with Gasteiger partial charge in [-0.05, 0) is 31.5 Å². The molecule has 7 heteroatoms. The lowest BCUT2D eigenvalue weighted by molar-refractivity contribution is -0.142. The summed E-state index contributed by atoms with van der Waals surface area (Å²) in [5.74, 6) is 0.404. The number of ether oxygens (including phenoxy) is 1. The van der Waals surface area contributed by atoms with E-state index in [1.54, 1.807) is 30.0 Å². The van der Waals surface area contributed by atoms with Crippen LogP contribution in [0.1, 0.15) is 19.8 Å². The molecule has 1 aliphatic heterocycles. The van der Waals surface area contributed by atoms with Gasteiger partial charge in [0, 0.05) is 24.5 Å². The van der Waals surface area contributed by atoms with E-state index >= 15 is 0 Å². The Bertz CT molecular complexity index is 566. The van der Waals surface area contributed by atoms with Gasteiger partial charge >= 0.3 is 0 Å². The summed E-state index contributed by atoms with van der Waals surface area (Å²) in [6.07, 6.45) is 0.894. The maximum Gasteiger partial charge on any atom is 0.242 e. The number of benzene rings is 1. The monoisotopic (exact) mass is 344 g/mol. The summed E-state index contributed by atoms with van der Waals surface area (Å²) in [6, 6.07) is 4.59. The fraction of sp³-hybridized carbons (Fsp3) is 0.467. The van der Waals surface area contributed by atoms with Crippen molar-refractivity contribution in [2.24, 2.45) is 0 Å². The van der Waals surface area contributed by atoms with Crippen molar-refractivity contribution in [1.82, 2.24) is 10.2 Å². The average Bonchev–Trinajstić information content (AvgIpc) is 2.48. The van der Waals surface area contributed by atoms with Crippen molar-refractivity contribution in [3.63, 3.8) is 0 Å². The zero-order valence-electron chi connectivity index (χ0n) is 12.3. The quantitative estimate of drug-likeness (QED) is 0.835. The summed E-state index contributed by atoms with van der Waals surface area (Å²) in [4.78, 5) is 25.3. The summed E-state index contributed by atoms with van der Waals surface area (Å²) >= 11 is 11.8. The zero-order valence-corrected chi connectivity index (χ0v) is 13.8.